The average Bonchev–Trinajstić information content (AvgIpc) is 3.44. The fraction of sp³-hybridized carbons (Fsp3) is 0.318. The number of H-pyrrole nitrogens is 1. The largest absolute Gasteiger partial charge is 0.385 e. The van der Waals surface area contributed by atoms with E-state index in [2.05, 4.69) is 39.6 Å². The Morgan fingerprint density at radius 3 is 2.52 bits per heavy atom. The monoisotopic (exact) mass is 440 g/mol. The zero-order valence-corrected chi connectivity index (χ0v) is 18.6. The molecular weight excluding hydrogens is 412 g/mol. The van der Waals surface area contributed by atoms with Crippen molar-refractivity contribution in [3.8, 4) is 10.6 Å². The van der Waals surface area contributed by atoms with Crippen molar-refractivity contribution in [2.45, 2.75) is 20.3 Å². The zero-order valence-electron chi connectivity index (χ0n) is 17.8. The number of thiophene rings is 1. The minimum absolute atomic E-state index is 0.241. The first kappa shape index (κ1) is 22.5. The summed E-state index contributed by atoms with van der Waals surface area (Å²) in [5, 5.41) is 13.2. The van der Waals surface area contributed by atoms with E-state index in [-0.39, 0.29) is 5.91 Å². The highest BCUT2D eigenvalue weighted by atomic mass is 32.1. The maximum Gasteiger partial charge on any atom is 0.258 e. The van der Waals surface area contributed by atoms with E-state index in [1.165, 1.54) is 11.3 Å². The summed E-state index contributed by atoms with van der Waals surface area (Å²) in [6, 6.07) is 12.6. The first-order valence-corrected chi connectivity index (χ1v) is 11.1. The summed E-state index contributed by atoms with van der Waals surface area (Å²) in [5.41, 5.74) is 7.53. The third-order valence-electron chi connectivity index (χ3n) is 4.96. The maximum absolute atomic E-state index is 12.5. The number of carbonyl (C=O) groups excluding carboxylic acids is 2. The number of amides is 2. The standard InChI is InChI=1S/C22H28N6O2S/c1-3-28(4-2)13-5-12-24-16-8-6-15(7-9-16)22(30)25-20-14-17(26-27-20)18-10-11-19(31-18)21(23)29/h6-11,14,24H,3-5,12-13H2,1-2H3,(H2,23,29)(H2,25,26,27,30). The number of benzene rings is 1. The molecule has 3 rings (SSSR count). The van der Waals surface area contributed by atoms with E-state index in [1.807, 2.05) is 12.1 Å². The van der Waals surface area contributed by atoms with E-state index in [9.17, 15) is 9.59 Å². The zero-order chi connectivity index (χ0) is 22.2. The van der Waals surface area contributed by atoms with E-state index < -0.39 is 5.91 Å². The quantitative estimate of drug-likeness (QED) is 0.340. The Labute approximate surface area is 185 Å². The SMILES string of the molecule is CCN(CC)CCCNc1ccc(C(=O)Nc2cc(-c3ccc(C(N)=O)s3)[nH]n2)cc1. The van der Waals surface area contributed by atoms with Gasteiger partial charge in [-0.3, -0.25) is 14.7 Å². The van der Waals surface area contributed by atoms with Crippen LogP contribution in [-0.2, 0) is 0 Å². The van der Waals surface area contributed by atoms with Crippen LogP contribution in [0.4, 0.5) is 11.5 Å². The van der Waals surface area contributed by atoms with Gasteiger partial charge < -0.3 is 21.3 Å². The Morgan fingerprint density at radius 2 is 1.87 bits per heavy atom. The van der Waals surface area contributed by atoms with Gasteiger partial charge in [0, 0.05) is 23.9 Å². The second-order valence-corrected chi connectivity index (χ2v) is 8.12. The Kier molecular flexibility index (Phi) is 7.80. The number of carbonyl (C=O) groups is 2. The second-order valence-electron chi connectivity index (χ2n) is 7.03. The van der Waals surface area contributed by atoms with Crippen LogP contribution in [0.25, 0.3) is 10.6 Å². The fourth-order valence-corrected chi connectivity index (χ4v) is 3.95. The highest BCUT2D eigenvalue weighted by Gasteiger charge is 2.12. The number of anilines is 2. The number of hydrogen-bond donors (Lipinski definition) is 4. The highest BCUT2D eigenvalue weighted by Crippen LogP contribution is 2.28. The molecule has 0 aliphatic carbocycles. The molecule has 1 aromatic carbocycles. The van der Waals surface area contributed by atoms with Crippen molar-refractivity contribution in [3.63, 3.8) is 0 Å². The summed E-state index contributed by atoms with van der Waals surface area (Å²) >= 11 is 1.27. The Bertz CT molecular complexity index is 1010. The van der Waals surface area contributed by atoms with E-state index in [1.54, 1.807) is 30.3 Å². The lowest BCUT2D eigenvalue weighted by atomic mass is 10.2. The number of nitrogens with two attached hydrogens (primary N) is 1. The fourth-order valence-electron chi connectivity index (χ4n) is 3.13. The highest BCUT2D eigenvalue weighted by molar-refractivity contribution is 7.17. The lowest BCUT2D eigenvalue weighted by Crippen LogP contribution is -2.25. The number of aromatic nitrogens is 2. The lowest BCUT2D eigenvalue weighted by molar-refractivity contribution is 0.100. The van der Waals surface area contributed by atoms with E-state index in [4.69, 9.17) is 5.73 Å². The van der Waals surface area contributed by atoms with Crippen LogP contribution in [0.1, 0.15) is 40.3 Å². The number of hydrogen-bond acceptors (Lipinski definition) is 6. The Morgan fingerprint density at radius 1 is 1.13 bits per heavy atom. The maximum atomic E-state index is 12.5. The van der Waals surface area contributed by atoms with Gasteiger partial charge >= 0.3 is 0 Å². The minimum Gasteiger partial charge on any atom is -0.385 e. The normalized spacial score (nSPS) is 10.9. The molecule has 0 unspecified atom stereocenters. The molecule has 3 aromatic rings. The Balaban J connectivity index is 1.51. The molecule has 2 amide bonds. The van der Waals surface area contributed by atoms with Gasteiger partial charge in [-0.15, -0.1) is 11.3 Å². The van der Waals surface area contributed by atoms with Crippen molar-refractivity contribution >= 4 is 34.7 Å². The molecule has 0 spiro atoms. The molecule has 0 radical (unpaired) electrons. The van der Waals surface area contributed by atoms with Gasteiger partial charge in [0.25, 0.3) is 11.8 Å². The van der Waals surface area contributed by atoms with Gasteiger partial charge in [0.05, 0.1) is 15.4 Å². The van der Waals surface area contributed by atoms with Crippen LogP contribution in [0.2, 0.25) is 0 Å². The Hall–Kier alpha value is -3.17. The number of nitrogens with zero attached hydrogens (tertiary/aromatic N) is 2. The first-order valence-electron chi connectivity index (χ1n) is 10.3. The minimum atomic E-state index is -0.467. The van der Waals surface area contributed by atoms with Crippen LogP contribution in [0.5, 0.6) is 0 Å². The molecule has 9 heteroatoms. The van der Waals surface area contributed by atoms with Crippen LogP contribution in [0, 0.1) is 0 Å². The molecule has 5 N–H and O–H groups in total. The average molecular weight is 441 g/mol. The van der Waals surface area contributed by atoms with Crippen molar-refractivity contribution in [3.05, 3.63) is 52.9 Å². The number of primary amides is 1. The first-order chi connectivity index (χ1) is 15.0. The molecule has 2 heterocycles. The molecule has 0 saturated heterocycles. The number of aromatic amines is 1. The van der Waals surface area contributed by atoms with E-state index in [0.717, 1.165) is 43.2 Å². The summed E-state index contributed by atoms with van der Waals surface area (Å²) in [5.74, 6) is -0.297. The second kappa shape index (κ2) is 10.7. The molecule has 0 aliphatic heterocycles. The molecule has 0 bridgehead atoms. The van der Waals surface area contributed by atoms with E-state index in [0.29, 0.717) is 22.0 Å². The molecule has 8 nitrogen and oxygen atoms in total. The summed E-state index contributed by atoms with van der Waals surface area (Å²) in [6.45, 7) is 8.44. The summed E-state index contributed by atoms with van der Waals surface area (Å²) < 4.78 is 0. The molecule has 31 heavy (non-hydrogen) atoms. The van der Waals surface area contributed by atoms with Crippen LogP contribution < -0.4 is 16.4 Å². The van der Waals surface area contributed by atoms with Gasteiger partial charge in [-0.05, 0) is 62.5 Å². The van der Waals surface area contributed by atoms with Crippen LogP contribution in [0.15, 0.2) is 42.5 Å². The molecule has 0 aliphatic rings. The van der Waals surface area contributed by atoms with Crippen molar-refractivity contribution in [1.29, 1.82) is 0 Å². The van der Waals surface area contributed by atoms with Crippen molar-refractivity contribution < 1.29 is 9.59 Å². The van der Waals surface area contributed by atoms with Gasteiger partial charge in [0.2, 0.25) is 0 Å². The summed E-state index contributed by atoms with van der Waals surface area (Å²) in [7, 11) is 0. The van der Waals surface area contributed by atoms with Crippen LogP contribution in [0.3, 0.4) is 0 Å². The smallest absolute Gasteiger partial charge is 0.258 e. The molecular formula is C22H28N6O2S. The van der Waals surface area contributed by atoms with Gasteiger partial charge in [0.1, 0.15) is 0 Å². The van der Waals surface area contributed by atoms with Crippen LogP contribution >= 0.6 is 11.3 Å². The van der Waals surface area contributed by atoms with Gasteiger partial charge in [0.15, 0.2) is 5.82 Å². The summed E-state index contributed by atoms with van der Waals surface area (Å²) in [6.07, 6.45) is 1.07. The molecule has 0 fully saturated rings. The molecule has 2 aromatic heterocycles. The molecule has 164 valence electrons. The third kappa shape index (κ3) is 6.16. The lowest BCUT2D eigenvalue weighted by Gasteiger charge is -2.17. The van der Waals surface area contributed by atoms with Crippen molar-refractivity contribution in [2.75, 3.05) is 36.8 Å². The molecule has 0 saturated carbocycles. The predicted octanol–water partition coefficient (Wildman–Crippen LogP) is 3.63. The summed E-state index contributed by atoms with van der Waals surface area (Å²) in [4.78, 5) is 27.4. The predicted molar refractivity (Wildman–Crippen MR) is 126 cm³/mol. The van der Waals surface area contributed by atoms with Crippen molar-refractivity contribution in [1.82, 2.24) is 15.1 Å². The third-order valence-corrected chi connectivity index (χ3v) is 6.09. The van der Waals surface area contributed by atoms with Crippen LogP contribution in [-0.4, -0.2) is 53.1 Å². The topological polar surface area (TPSA) is 116 Å². The number of rotatable bonds is 11. The van der Waals surface area contributed by atoms with Crippen molar-refractivity contribution in [2.24, 2.45) is 5.73 Å². The molecule has 0 atom stereocenters. The van der Waals surface area contributed by atoms with Gasteiger partial charge in [-0.2, -0.15) is 5.10 Å². The van der Waals surface area contributed by atoms with Gasteiger partial charge in [-0.1, -0.05) is 13.8 Å². The van der Waals surface area contributed by atoms with Gasteiger partial charge in [-0.25, -0.2) is 0 Å². The van der Waals surface area contributed by atoms with E-state index >= 15 is 0 Å². The number of nitrogens with one attached hydrogen (secondary N) is 3.